The molecule has 2 aromatic rings. The summed E-state index contributed by atoms with van der Waals surface area (Å²) < 4.78 is 36.7. The molecule has 10 heteroatoms. The number of benzene rings is 2. The fourth-order valence-corrected chi connectivity index (χ4v) is 3.54. The minimum absolute atomic E-state index is 0.0608. The summed E-state index contributed by atoms with van der Waals surface area (Å²) in [5.74, 6) is -0.756. The van der Waals surface area contributed by atoms with E-state index in [-0.39, 0.29) is 22.8 Å². The first-order valence-electron chi connectivity index (χ1n) is 6.82. The third-order valence-corrected chi connectivity index (χ3v) is 5.07. The summed E-state index contributed by atoms with van der Waals surface area (Å²) in [6.45, 7) is 0.275. The molecule has 1 aliphatic rings. The first kappa shape index (κ1) is 16.8. The predicted molar refractivity (Wildman–Crippen MR) is 90.5 cm³/mol. The van der Waals surface area contributed by atoms with Crippen molar-refractivity contribution in [3.63, 3.8) is 0 Å². The van der Waals surface area contributed by atoms with Gasteiger partial charge in [-0.25, -0.2) is 13.2 Å². The summed E-state index contributed by atoms with van der Waals surface area (Å²) in [7, 11) is -4.99. The smallest absolute Gasteiger partial charge is 0.423 e. The summed E-state index contributed by atoms with van der Waals surface area (Å²) in [6, 6.07) is 10.1. The first-order valence-corrected chi connectivity index (χ1v) is 8.66. The van der Waals surface area contributed by atoms with Gasteiger partial charge in [-0.15, -0.1) is 0 Å². The summed E-state index contributed by atoms with van der Waals surface area (Å²) >= 11 is 3.41. The molecular formula is C14H12BNO6S2. The Morgan fingerprint density at radius 3 is 2.83 bits per heavy atom. The van der Waals surface area contributed by atoms with E-state index in [1.54, 1.807) is 12.1 Å². The molecule has 0 saturated carbocycles. The van der Waals surface area contributed by atoms with E-state index in [1.165, 1.54) is 30.3 Å². The normalized spacial score (nSPS) is 13.5. The van der Waals surface area contributed by atoms with Crippen LogP contribution in [0.25, 0.3) is 0 Å². The second-order valence-corrected chi connectivity index (χ2v) is 6.95. The Hall–Kier alpha value is -2.01. The molecule has 3 rings (SSSR count). The SMILES string of the molecule is O=C(OS)c1cccc(S(=O)(=O)Nc2ccc3c(c2)B(O)OC3)c1. The van der Waals surface area contributed by atoms with E-state index in [0.29, 0.717) is 5.46 Å². The zero-order chi connectivity index (χ0) is 17.3. The Bertz CT molecular complexity index is 902. The van der Waals surface area contributed by atoms with Crippen molar-refractivity contribution in [1.29, 1.82) is 0 Å². The molecule has 24 heavy (non-hydrogen) atoms. The Morgan fingerprint density at radius 1 is 1.29 bits per heavy atom. The van der Waals surface area contributed by atoms with Crippen molar-refractivity contribution >= 4 is 47.2 Å². The van der Waals surface area contributed by atoms with Gasteiger partial charge in [0, 0.05) is 18.6 Å². The highest BCUT2D eigenvalue weighted by Crippen LogP contribution is 2.19. The van der Waals surface area contributed by atoms with Crippen molar-refractivity contribution in [3.05, 3.63) is 53.6 Å². The van der Waals surface area contributed by atoms with Crippen LogP contribution >= 0.6 is 12.9 Å². The van der Waals surface area contributed by atoms with Gasteiger partial charge in [-0.05, 0) is 41.4 Å². The highest BCUT2D eigenvalue weighted by molar-refractivity contribution is 7.92. The maximum Gasteiger partial charge on any atom is 0.491 e. The van der Waals surface area contributed by atoms with E-state index in [1.807, 2.05) is 0 Å². The average Bonchev–Trinajstić information content (AvgIpc) is 2.95. The second kappa shape index (κ2) is 6.48. The third kappa shape index (κ3) is 3.27. The number of thiol groups is 1. The van der Waals surface area contributed by atoms with Gasteiger partial charge >= 0.3 is 13.1 Å². The Balaban J connectivity index is 1.90. The molecule has 0 aromatic heterocycles. The lowest BCUT2D eigenvalue weighted by molar-refractivity contribution is 0.0772. The summed E-state index contributed by atoms with van der Waals surface area (Å²) in [5, 5.41) is 9.69. The number of nitrogens with one attached hydrogen (secondary N) is 1. The Morgan fingerprint density at radius 2 is 2.08 bits per heavy atom. The van der Waals surface area contributed by atoms with Crippen LogP contribution in [0.15, 0.2) is 47.4 Å². The topological polar surface area (TPSA) is 102 Å². The lowest BCUT2D eigenvalue weighted by Crippen LogP contribution is -2.28. The molecule has 0 spiro atoms. The summed E-state index contributed by atoms with van der Waals surface area (Å²) in [5.41, 5.74) is 1.65. The maximum absolute atomic E-state index is 12.5. The fraction of sp³-hybridized carbons (Fsp3) is 0.0714. The van der Waals surface area contributed by atoms with Gasteiger partial charge in [0.05, 0.1) is 17.1 Å². The minimum atomic E-state index is -3.92. The van der Waals surface area contributed by atoms with Gasteiger partial charge in [-0.3, -0.25) is 4.72 Å². The molecule has 0 aliphatic carbocycles. The van der Waals surface area contributed by atoms with Crippen LogP contribution < -0.4 is 10.2 Å². The fourth-order valence-electron chi connectivity index (χ4n) is 2.34. The van der Waals surface area contributed by atoms with Gasteiger partial charge < -0.3 is 13.9 Å². The number of anilines is 1. The van der Waals surface area contributed by atoms with E-state index in [2.05, 4.69) is 21.8 Å². The average molecular weight is 365 g/mol. The van der Waals surface area contributed by atoms with Crippen LogP contribution in [0.4, 0.5) is 5.69 Å². The standard InChI is InChI=1S/C14H12BNO6S2/c17-14(22-23)9-2-1-3-12(6-9)24(19,20)16-11-5-4-10-8-21-15(18)13(10)7-11/h1-7,16,18,23H,8H2. The maximum atomic E-state index is 12.5. The van der Waals surface area contributed by atoms with Gasteiger partial charge in [0.15, 0.2) is 0 Å². The zero-order valence-electron chi connectivity index (χ0n) is 12.2. The summed E-state index contributed by atoms with van der Waals surface area (Å²) in [6.07, 6.45) is 0. The molecule has 0 unspecified atom stereocenters. The third-order valence-electron chi connectivity index (χ3n) is 3.52. The van der Waals surface area contributed by atoms with Crippen LogP contribution in [0.1, 0.15) is 15.9 Å². The number of sulfonamides is 1. The Labute approximate surface area is 144 Å². The van der Waals surface area contributed by atoms with Gasteiger partial charge in [-0.2, -0.15) is 0 Å². The predicted octanol–water partition coefficient (Wildman–Crippen LogP) is 0.707. The number of hydrogen-bond donors (Lipinski definition) is 3. The summed E-state index contributed by atoms with van der Waals surface area (Å²) in [4.78, 5) is 11.4. The van der Waals surface area contributed by atoms with Crippen molar-refractivity contribution in [2.24, 2.45) is 0 Å². The number of rotatable bonds is 4. The zero-order valence-corrected chi connectivity index (χ0v) is 13.9. The van der Waals surface area contributed by atoms with E-state index >= 15 is 0 Å². The molecule has 0 fully saturated rings. The van der Waals surface area contributed by atoms with E-state index in [0.717, 1.165) is 5.56 Å². The lowest BCUT2D eigenvalue weighted by Gasteiger charge is -2.10. The van der Waals surface area contributed by atoms with Crippen molar-refractivity contribution < 1.29 is 27.1 Å². The highest BCUT2D eigenvalue weighted by Gasteiger charge is 2.28. The van der Waals surface area contributed by atoms with Gasteiger partial charge in [-0.1, -0.05) is 12.1 Å². The number of hydrogen-bond acceptors (Lipinski definition) is 7. The van der Waals surface area contributed by atoms with Crippen molar-refractivity contribution in [1.82, 2.24) is 0 Å². The molecule has 124 valence electrons. The number of fused-ring (bicyclic) bond motifs is 1. The molecule has 0 bridgehead atoms. The molecule has 0 atom stereocenters. The molecule has 2 aromatic carbocycles. The van der Waals surface area contributed by atoms with Crippen LogP contribution in [0.2, 0.25) is 0 Å². The minimum Gasteiger partial charge on any atom is -0.423 e. The highest BCUT2D eigenvalue weighted by atomic mass is 32.2. The van der Waals surface area contributed by atoms with Crippen LogP contribution in [-0.2, 0) is 25.5 Å². The monoisotopic (exact) mass is 365 g/mol. The van der Waals surface area contributed by atoms with E-state index in [4.69, 9.17) is 4.65 Å². The Kier molecular flexibility index (Phi) is 4.55. The first-order chi connectivity index (χ1) is 11.4. The molecular weight excluding hydrogens is 353 g/mol. The molecule has 2 N–H and O–H groups in total. The molecule has 0 radical (unpaired) electrons. The lowest BCUT2D eigenvalue weighted by atomic mass is 9.79. The quantitative estimate of drug-likeness (QED) is 0.419. The van der Waals surface area contributed by atoms with Crippen LogP contribution in [0.3, 0.4) is 0 Å². The van der Waals surface area contributed by atoms with Crippen molar-refractivity contribution in [2.45, 2.75) is 11.5 Å². The number of carbonyl (C=O) groups excluding carboxylic acids is 1. The van der Waals surface area contributed by atoms with Gasteiger partial charge in [0.1, 0.15) is 0 Å². The molecule has 1 aliphatic heterocycles. The second-order valence-electron chi connectivity index (χ2n) is 5.09. The van der Waals surface area contributed by atoms with Crippen LogP contribution in [-0.4, -0.2) is 26.5 Å². The molecule has 1 heterocycles. The van der Waals surface area contributed by atoms with Crippen LogP contribution in [0.5, 0.6) is 0 Å². The van der Waals surface area contributed by atoms with E-state index < -0.39 is 23.1 Å². The largest absolute Gasteiger partial charge is 0.491 e. The molecule has 0 saturated heterocycles. The number of carbonyl (C=O) groups is 1. The van der Waals surface area contributed by atoms with Gasteiger partial charge in [0.2, 0.25) is 0 Å². The molecule has 7 nitrogen and oxygen atoms in total. The van der Waals surface area contributed by atoms with E-state index in [9.17, 15) is 18.2 Å². The van der Waals surface area contributed by atoms with Crippen LogP contribution in [0, 0.1) is 0 Å². The van der Waals surface area contributed by atoms with Crippen molar-refractivity contribution in [2.75, 3.05) is 4.72 Å². The van der Waals surface area contributed by atoms with Crippen molar-refractivity contribution in [3.8, 4) is 0 Å². The van der Waals surface area contributed by atoms with Gasteiger partial charge in [0.25, 0.3) is 10.0 Å². The molecule has 0 amide bonds.